The topological polar surface area (TPSA) is 64.6 Å². The molecular formula is C18H23F2NO4. The number of nitrogens with one attached hydrogen (secondary N) is 1. The van der Waals surface area contributed by atoms with Gasteiger partial charge in [-0.3, -0.25) is 4.79 Å². The summed E-state index contributed by atoms with van der Waals surface area (Å²) in [6.45, 7) is 0.127. The van der Waals surface area contributed by atoms with Crippen LogP contribution in [0, 0.1) is 11.8 Å². The number of hydrogen-bond acceptors (Lipinski definition) is 4. The van der Waals surface area contributed by atoms with Gasteiger partial charge in [-0.05, 0) is 24.3 Å². The van der Waals surface area contributed by atoms with Crippen molar-refractivity contribution in [3.8, 4) is 0 Å². The summed E-state index contributed by atoms with van der Waals surface area (Å²) in [5.41, 5.74) is 0.844. The van der Waals surface area contributed by atoms with Crippen molar-refractivity contribution in [2.45, 2.75) is 38.2 Å². The Bertz CT molecular complexity index is 570. The monoisotopic (exact) mass is 355 g/mol. The maximum Gasteiger partial charge on any atom is 0.407 e. The minimum atomic E-state index is -2.67. The van der Waals surface area contributed by atoms with Crippen LogP contribution >= 0.6 is 0 Å². The van der Waals surface area contributed by atoms with Crippen molar-refractivity contribution in [3.63, 3.8) is 0 Å². The second kappa shape index (κ2) is 8.78. The van der Waals surface area contributed by atoms with Crippen molar-refractivity contribution in [1.82, 2.24) is 5.32 Å². The molecule has 25 heavy (non-hydrogen) atoms. The number of halogens is 2. The van der Waals surface area contributed by atoms with Gasteiger partial charge >= 0.3 is 12.1 Å². The molecule has 1 aromatic carbocycles. The molecule has 5 nitrogen and oxygen atoms in total. The number of esters is 1. The van der Waals surface area contributed by atoms with E-state index in [1.165, 1.54) is 7.11 Å². The third kappa shape index (κ3) is 5.99. The molecule has 1 aliphatic rings. The molecule has 1 N–H and O–H groups in total. The van der Waals surface area contributed by atoms with Crippen molar-refractivity contribution in [1.29, 1.82) is 0 Å². The summed E-state index contributed by atoms with van der Waals surface area (Å²) in [6, 6.07) is 9.18. The van der Waals surface area contributed by atoms with Crippen molar-refractivity contribution in [2.24, 2.45) is 11.8 Å². The fourth-order valence-corrected chi connectivity index (χ4v) is 3.03. The van der Waals surface area contributed by atoms with Crippen LogP contribution in [0.25, 0.3) is 0 Å². The molecule has 1 aromatic rings. The highest BCUT2D eigenvalue weighted by Gasteiger charge is 2.40. The summed E-state index contributed by atoms with van der Waals surface area (Å²) in [5.74, 6) is -4.05. The largest absolute Gasteiger partial charge is 0.469 e. The fourth-order valence-electron chi connectivity index (χ4n) is 3.03. The van der Waals surface area contributed by atoms with Crippen molar-refractivity contribution in [3.05, 3.63) is 35.9 Å². The molecule has 1 saturated carbocycles. The third-order valence-corrected chi connectivity index (χ3v) is 4.51. The average molecular weight is 355 g/mol. The zero-order chi connectivity index (χ0) is 18.3. The Kier molecular flexibility index (Phi) is 6.73. The van der Waals surface area contributed by atoms with Crippen LogP contribution < -0.4 is 5.32 Å². The summed E-state index contributed by atoms with van der Waals surface area (Å²) in [6.07, 6.45) is -0.687. The Morgan fingerprint density at radius 2 is 1.88 bits per heavy atom. The molecule has 0 aromatic heterocycles. The van der Waals surface area contributed by atoms with Gasteiger partial charge in [0.15, 0.2) is 0 Å². The lowest BCUT2D eigenvalue weighted by molar-refractivity contribution is -0.149. The Balaban J connectivity index is 1.83. The lowest BCUT2D eigenvalue weighted by Crippen LogP contribution is -2.40. The van der Waals surface area contributed by atoms with Crippen LogP contribution in [-0.2, 0) is 20.9 Å². The van der Waals surface area contributed by atoms with Gasteiger partial charge in [-0.2, -0.15) is 0 Å². The highest BCUT2D eigenvalue weighted by atomic mass is 19.3. The van der Waals surface area contributed by atoms with E-state index in [-0.39, 0.29) is 44.8 Å². The number of benzene rings is 1. The van der Waals surface area contributed by atoms with Crippen LogP contribution in [0.1, 0.15) is 31.2 Å². The minimum absolute atomic E-state index is 0.0105. The Morgan fingerprint density at radius 1 is 1.24 bits per heavy atom. The molecule has 0 bridgehead atoms. The number of methoxy groups -OCH3 is 1. The van der Waals surface area contributed by atoms with Gasteiger partial charge in [0.2, 0.25) is 5.92 Å². The number of carbonyl (C=O) groups excluding carboxylic acids is 2. The van der Waals surface area contributed by atoms with E-state index < -0.39 is 23.9 Å². The molecule has 1 atom stereocenters. The third-order valence-electron chi connectivity index (χ3n) is 4.51. The van der Waals surface area contributed by atoms with Gasteiger partial charge in [0, 0.05) is 19.4 Å². The van der Waals surface area contributed by atoms with E-state index in [4.69, 9.17) is 9.47 Å². The number of ether oxygens (including phenoxy) is 2. The van der Waals surface area contributed by atoms with Crippen molar-refractivity contribution < 1.29 is 27.8 Å². The predicted molar refractivity (Wildman–Crippen MR) is 87.0 cm³/mol. The van der Waals surface area contributed by atoms with E-state index in [0.717, 1.165) is 5.56 Å². The molecule has 1 fully saturated rings. The standard InChI is InChI=1S/C18H23F2NO4/c1-24-16(22)15(14-7-9-18(19,20)10-8-14)11-21-17(23)25-12-13-5-3-2-4-6-13/h2-6,14-15H,7-12H2,1H3,(H,21,23)/t15-/m0/s1. The van der Waals surface area contributed by atoms with Gasteiger partial charge in [0.05, 0.1) is 13.0 Å². The zero-order valence-corrected chi connectivity index (χ0v) is 14.2. The highest BCUT2D eigenvalue weighted by molar-refractivity contribution is 5.74. The van der Waals surface area contributed by atoms with Gasteiger partial charge < -0.3 is 14.8 Å². The summed E-state index contributed by atoms with van der Waals surface area (Å²) < 4.78 is 36.4. The Labute approximate surface area is 145 Å². The molecule has 0 spiro atoms. The lowest BCUT2D eigenvalue weighted by atomic mass is 9.78. The smallest absolute Gasteiger partial charge is 0.407 e. The first-order valence-electron chi connectivity index (χ1n) is 8.31. The van der Waals surface area contributed by atoms with Crippen LogP contribution in [0.15, 0.2) is 30.3 Å². The van der Waals surface area contributed by atoms with Crippen LogP contribution in [0.5, 0.6) is 0 Å². The van der Waals surface area contributed by atoms with Gasteiger partial charge in [0.25, 0.3) is 0 Å². The Hall–Kier alpha value is -2.18. The second-order valence-corrected chi connectivity index (χ2v) is 6.27. The first kappa shape index (κ1) is 19.1. The van der Waals surface area contributed by atoms with E-state index in [2.05, 4.69) is 5.32 Å². The molecule has 0 radical (unpaired) electrons. The molecule has 2 rings (SSSR count). The first-order chi connectivity index (χ1) is 11.9. The summed E-state index contributed by atoms with van der Waals surface area (Å²) >= 11 is 0. The van der Waals surface area contributed by atoms with E-state index in [9.17, 15) is 18.4 Å². The van der Waals surface area contributed by atoms with Gasteiger partial charge in [-0.15, -0.1) is 0 Å². The van der Waals surface area contributed by atoms with Gasteiger partial charge in [-0.1, -0.05) is 30.3 Å². The van der Waals surface area contributed by atoms with Gasteiger partial charge in [0.1, 0.15) is 6.61 Å². The minimum Gasteiger partial charge on any atom is -0.469 e. The molecule has 0 heterocycles. The summed E-state index contributed by atoms with van der Waals surface area (Å²) in [7, 11) is 1.25. The van der Waals surface area contributed by atoms with Gasteiger partial charge in [-0.25, -0.2) is 13.6 Å². The molecule has 0 saturated heterocycles. The van der Waals surface area contributed by atoms with Crippen LogP contribution in [0.3, 0.4) is 0 Å². The van der Waals surface area contributed by atoms with E-state index in [1.807, 2.05) is 30.3 Å². The van der Waals surface area contributed by atoms with Crippen molar-refractivity contribution >= 4 is 12.1 Å². The van der Waals surface area contributed by atoms with E-state index in [1.54, 1.807) is 0 Å². The Morgan fingerprint density at radius 3 is 2.48 bits per heavy atom. The predicted octanol–water partition coefficient (Wildman–Crippen LogP) is 3.53. The number of amides is 1. The second-order valence-electron chi connectivity index (χ2n) is 6.27. The quantitative estimate of drug-likeness (QED) is 0.793. The number of carbonyl (C=O) groups is 2. The maximum absolute atomic E-state index is 13.3. The summed E-state index contributed by atoms with van der Waals surface area (Å²) in [5, 5.41) is 2.54. The van der Waals surface area contributed by atoms with E-state index in [0.29, 0.717) is 0 Å². The van der Waals surface area contributed by atoms with Crippen LogP contribution in [0.2, 0.25) is 0 Å². The zero-order valence-electron chi connectivity index (χ0n) is 14.2. The van der Waals surface area contributed by atoms with Crippen LogP contribution in [-0.4, -0.2) is 31.6 Å². The molecule has 0 unspecified atom stereocenters. The first-order valence-corrected chi connectivity index (χ1v) is 8.31. The number of alkyl carbamates (subject to hydrolysis) is 1. The average Bonchev–Trinajstić information content (AvgIpc) is 2.61. The van der Waals surface area contributed by atoms with E-state index >= 15 is 0 Å². The fraction of sp³-hybridized carbons (Fsp3) is 0.556. The number of rotatable bonds is 6. The lowest BCUT2D eigenvalue weighted by Gasteiger charge is -2.32. The number of alkyl halides is 2. The molecule has 1 amide bonds. The maximum atomic E-state index is 13.3. The summed E-state index contributed by atoms with van der Waals surface area (Å²) in [4.78, 5) is 23.8. The molecule has 0 aliphatic heterocycles. The highest BCUT2D eigenvalue weighted by Crippen LogP contribution is 2.39. The van der Waals surface area contributed by atoms with Crippen molar-refractivity contribution in [2.75, 3.05) is 13.7 Å². The molecular weight excluding hydrogens is 332 g/mol. The molecule has 138 valence electrons. The molecule has 1 aliphatic carbocycles. The SMILES string of the molecule is COC(=O)[C@@H](CNC(=O)OCc1ccccc1)C1CCC(F)(F)CC1. The number of hydrogen-bond donors (Lipinski definition) is 1. The van der Waals surface area contributed by atoms with Crippen LogP contribution in [0.4, 0.5) is 13.6 Å². The molecule has 7 heteroatoms. The normalized spacial score (nSPS) is 18.2.